The van der Waals surface area contributed by atoms with E-state index in [2.05, 4.69) is 9.47 Å². The molecule has 0 atom stereocenters. The molecule has 0 bridgehead atoms. The van der Waals surface area contributed by atoms with Crippen LogP contribution in [-0.2, 0) is 4.74 Å². The maximum absolute atomic E-state index is 12.0. The number of para-hydroxylation sites is 1. The smallest absolute Gasteiger partial charge is 0.504 e. The van der Waals surface area contributed by atoms with E-state index in [4.69, 9.17) is 0 Å². The number of esters is 1. The van der Waals surface area contributed by atoms with Gasteiger partial charge in [0, 0.05) is 0 Å². The number of hydrogen-bond acceptors (Lipinski definition) is 4. The fraction of sp³-hybridized carbons (Fsp3) is 0.300. The summed E-state index contributed by atoms with van der Waals surface area (Å²) in [6.07, 6.45) is -4.94. The van der Waals surface area contributed by atoms with Crippen LogP contribution in [0.5, 0.6) is 11.5 Å². The summed E-state index contributed by atoms with van der Waals surface area (Å²) in [4.78, 5) is 11.3. The van der Waals surface area contributed by atoms with E-state index in [0.29, 0.717) is 0 Å². The lowest BCUT2D eigenvalue weighted by molar-refractivity contribution is -0.275. The zero-order chi connectivity index (χ0) is 13.1. The molecule has 0 aliphatic rings. The maximum Gasteiger partial charge on any atom is 0.573 e. The average Bonchev–Trinajstić information content (AvgIpc) is 2.19. The predicted molar refractivity (Wildman–Crippen MR) is 50.7 cm³/mol. The van der Waals surface area contributed by atoms with Gasteiger partial charge in [-0.15, -0.1) is 13.2 Å². The average molecular weight is 250 g/mol. The summed E-state index contributed by atoms with van der Waals surface area (Å²) in [5, 5.41) is 9.42. The van der Waals surface area contributed by atoms with Crippen molar-refractivity contribution < 1.29 is 32.5 Å². The number of rotatable bonds is 3. The van der Waals surface area contributed by atoms with Gasteiger partial charge in [0.05, 0.1) is 6.61 Å². The molecule has 0 radical (unpaired) electrons. The van der Waals surface area contributed by atoms with Crippen molar-refractivity contribution in [1.82, 2.24) is 0 Å². The van der Waals surface area contributed by atoms with Crippen LogP contribution in [-0.4, -0.2) is 24.0 Å². The van der Waals surface area contributed by atoms with Gasteiger partial charge in [-0.05, 0) is 19.1 Å². The monoisotopic (exact) mass is 250 g/mol. The van der Waals surface area contributed by atoms with Gasteiger partial charge < -0.3 is 14.6 Å². The van der Waals surface area contributed by atoms with Crippen molar-refractivity contribution in [3.63, 3.8) is 0 Å². The molecule has 1 rings (SSSR count). The van der Waals surface area contributed by atoms with E-state index in [0.717, 1.165) is 18.2 Å². The second-order valence-electron chi connectivity index (χ2n) is 2.92. The van der Waals surface area contributed by atoms with Gasteiger partial charge >= 0.3 is 12.3 Å². The first-order valence-corrected chi connectivity index (χ1v) is 4.60. The standard InChI is InChI=1S/C10H9F3O4/c1-2-16-9(15)6-4-3-5-7(8(6)14)17-10(11,12)13/h3-5,14H,2H2,1H3. The fourth-order valence-corrected chi connectivity index (χ4v) is 1.10. The number of aromatic hydroxyl groups is 1. The number of carbonyl (C=O) groups is 1. The van der Waals surface area contributed by atoms with Crippen LogP contribution >= 0.6 is 0 Å². The zero-order valence-electron chi connectivity index (χ0n) is 8.75. The van der Waals surface area contributed by atoms with E-state index < -0.39 is 23.8 Å². The number of alkyl halides is 3. The molecule has 0 saturated carbocycles. The molecule has 1 aromatic carbocycles. The number of phenols is 1. The summed E-state index contributed by atoms with van der Waals surface area (Å²) >= 11 is 0. The number of benzene rings is 1. The highest BCUT2D eigenvalue weighted by atomic mass is 19.4. The largest absolute Gasteiger partial charge is 0.573 e. The number of carbonyl (C=O) groups excluding carboxylic acids is 1. The Hall–Kier alpha value is -1.92. The minimum Gasteiger partial charge on any atom is -0.504 e. The molecule has 94 valence electrons. The minimum absolute atomic E-state index is 0.0443. The van der Waals surface area contributed by atoms with Crippen LogP contribution in [0, 0.1) is 0 Å². The molecule has 0 spiro atoms. The molecule has 0 saturated heterocycles. The first kappa shape index (κ1) is 13.1. The van der Waals surface area contributed by atoms with Gasteiger partial charge in [-0.1, -0.05) is 6.07 Å². The van der Waals surface area contributed by atoms with Crippen molar-refractivity contribution in [2.45, 2.75) is 13.3 Å². The van der Waals surface area contributed by atoms with Crippen molar-refractivity contribution in [1.29, 1.82) is 0 Å². The Balaban J connectivity index is 3.03. The predicted octanol–water partition coefficient (Wildman–Crippen LogP) is 2.47. The van der Waals surface area contributed by atoms with Crippen LogP contribution in [0.25, 0.3) is 0 Å². The molecule has 0 aromatic heterocycles. The number of phenolic OH excluding ortho intramolecular Hbond substituents is 1. The molecule has 1 N–H and O–H groups in total. The van der Waals surface area contributed by atoms with Crippen molar-refractivity contribution in [2.24, 2.45) is 0 Å². The topological polar surface area (TPSA) is 55.8 Å². The zero-order valence-corrected chi connectivity index (χ0v) is 8.75. The van der Waals surface area contributed by atoms with Gasteiger partial charge in [0.15, 0.2) is 11.5 Å². The SMILES string of the molecule is CCOC(=O)c1cccc(OC(F)(F)F)c1O. The molecule has 0 unspecified atom stereocenters. The van der Waals surface area contributed by atoms with Crippen molar-refractivity contribution >= 4 is 5.97 Å². The normalized spacial score (nSPS) is 11.1. The van der Waals surface area contributed by atoms with Crippen LogP contribution in [0.1, 0.15) is 17.3 Å². The van der Waals surface area contributed by atoms with Crippen LogP contribution < -0.4 is 4.74 Å². The Morgan fingerprint density at radius 1 is 1.41 bits per heavy atom. The van der Waals surface area contributed by atoms with E-state index in [1.54, 1.807) is 0 Å². The molecular weight excluding hydrogens is 241 g/mol. The highest BCUT2D eigenvalue weighted by Gasteiger charge is 2.33. The molecule has 0 heterocycles. The van der Waals surface area contributed by atoms with Gasteiger partial charge in [-0.2, -0.15) is 0 Å². The molecule has 0 fully saturated rings. The summed E-state index contributed by atoms with van der Waals surface area (Å²) in [5.41, 5.74) is -0.381. The summed E-state index contributed by atoms with van der Waals surface area (Å²) < 4.78 is 44.0. The first-order valence-electron chi connectivity index (χ1n) is 4.60. The fourth-order valence-electron chi connectivity index (χ4n) is 1.10. The third-order valence-corrected chi connectivity index (χ3v) is 1.72. The first-order chi connectivity index (χ1) is 7.85. The van der Waals surface area contributed by atoms with Gasteiger partial charge in [-0.25, -0.2) is 4.79 Å². The van der Waals surface area contributed by atoms with E-state index in [9.17, 15) is 23.1 Å². The third-order valence-electron chi connectivity index (χ3n) is 1.72. The van der Waals surface area contributed by atoms with Crippen molar-refractivity contribution in [3.8, 4) is 11.5 Å². The van der Waals surface area contributed by atoms with E-state index in [-0.39, 0.29) is 12.2 Å². The maximum atomic E-state index is 12.0. The third kappa shape index (κ3) is 3.54. The van der Waals surface area contributed by atoms with Crippen molar-refractivity contribution in [2.75, 3.05) is 6.61 Å². The van der Waals surface area contributed by atoms with Crippen LogP contribution in [0.3, 0.4) is 0 Å². The number of ether oxygens (including phenoxy) is 2. The molecule has 7 heteroatoms. The van der Waals surface area contributed by atoms with E-state index >= 15 is 0 Å². The minimum atomic E-state index is -4.94. The lowest BCUT2D eigenvalue weighted by Crippen LogP contribution is -2.17. The van der Waals surface area contributed by atoms with Gasteiger partial charge in [0.25, 0.3) is 0 Å². The quantitative estimate of drug-likeness (QED) is 0.837. The van der Waals surface area contributed by atoms with Crippen molar-refractivity contribution in [3.05, 3.63) is 23.8 Å². The van der Waals surface area contributed by atoms with Crippen LogP contribution in [0.15, 0.2) is 18.2 Å². The summed E-state index contributed by atoms with van der Waals surface area (Å²) in [7, 11) is 0. The molecule has 17 heavy (non-hydrogen) atoms. The summed E-state index contributed by atoms with van der Waals surface area (Å²) in [5.74, 6) is -2.66. The second-order valence-corrected chi connectivity index (χ2v) is 2.92. The number of hydrogen-bond donors (Lipinski definition) is 1. The molecular formula is C10H9F3O4. The molecule has 0 amide bonds. The van der Waals surface area contributed by atoms with Gasteiger partial charge in [0.2, 0.25) is 0 Å². The highest BCUT2D eigenvalue weighted by molar-refractivity contribution is 5.93. The Kier molecular flexibility index (Phi) is 3.82. The van der Waals surface area contributed by atoms with Crippen LogP contribution in [0.4, 0.5) is 13.2 Å². The lowest BCUT2D eigenvalue weighted by atomic mass is 10.2. The lowest BCUT2D eigenvalue weighted by Gasteiger charge is -2.12. The Labute approximate surface area is 94.6 Å². The second kappa shape index (κ2) is 4.94. The van der Waals surface area contributed by atoms with Gasteiger partial charge in [-0.3, -0.25) is 0 Å². The molecule has 4 nitrogen and oxygen atoms in total. The van der Waals surface area contributed by atoms with Crippen LogP contribution in [0.2, 0.25) is 0 Å². The molecule has 0 aliphatic carbocycles. The van der Waals surface area contributed by atoms with E-state index in [1.807, 2.05) is 0 Å². The molecule has 1 aromatic rings. The number of halogens is 3. The Morgan fingerprint density at radius 2 is 2.06 bits per heavy atom. The Bertz CT molecular complexity index is 415. The summed E-state index contributed by atoms with van der Waals surface area (Å²) in [6, 6.07) is 3.18. The Morgan fingerprint density at radius 3 is 2.59 bits per heavy atom. The summed E-state index contributed by atoms with van der Waals surface area (Å²) in [6.45, 7) is 1.58. The molecule has 0 aliphatic heterocycles. The van der Waals surface area contributed by atoms with E-state index in [1.165, 1.54) is 6.92 Å². The highest BCUT2D eigenvalue weighted by Crippen LogP contribution is 2.34. The van der Waals surface area contributed by atoms with Gasteiger partial charge in [0.1, 0.15) is 5.56 Å².